The quantitative estimate of drug-likeness (QED) is 0.892. The van der Waals surface area contributed by atoms with Gasteiger partial charge in [-0.25, -0.2) is 0 Å². The lowest BCUT2D eigenvalue weighted by molar-refractivity contribution is 0.102. The Morgan fingerprint density at radius 1 is 1.47 bits per heavy atom. The van der Waals surface area contributed by atoms with E-state index in [1.54, 1.807) is 30.1 Å². The summed E-state index contributed by atoms with van der Waals surface area (Å²) in [6.45, 7) is 0. The molecule has 0 aliphatic heterocycles. The summed E-state index contributed by atoms with van der Waals surface area (Å²) >= 11 is 3.21. The van der Waals surface area contributed by atoms with Crippen LogP contribution in [-0.4, -0.2) is 20.8 Å². The summed E-state index contributed by atoms with van der Waals surface area (Å²) in [6, 6.07) is 6.22. The SMILES string of the molecule is Cn1ccc(NC(=O)c2cc(O)cc(Br)c2)n1. The first-order chi connectivity index (χ1) is 8.04. The third-order valence-electron chi connectivity index (χ3n) is 2.10. The van der Waals surface area contributed by atoms with Crippen molar-refractivity contribution >= 4 is 27.7 Å². The summed E-state index contributed by atoms with van der Waals surface area (Å²) in [7, 11) is 1.76. The lowest BCUT2D eigenvalue weighted by Gasteiger charge is -2.03. The van der Waals surface area contributed by atoms with Crippen molar-refractivity contribution in [3.63, 3.8) is 0 Å². The number of carbonyl (C=O) groups excluding carboxylic acids is 1. The highest BCUT2D eigenvalue weighted by Crippen LogP contribution is 2.20. The van der Waals surface area contributed by atoms with E-state index >= 15 is 0 Å². The van der Waals surface area contributed by atoms with Crippen molar-refractivity contribution in [1.29, 1.82) is 0 Å². The van der Waals surface area contributed by atoms with Crippen molar-refractivity contribution in [3.05, 3.63) is 40.5 Å². The van der Waals surface area contributed by atoms with Crippen LogP contribution < -0.4 is 5.32 Å². The number of aromatic nitrogens is 2. The van der Waals surface area contributed by atoms with Crippen LogP contribution in [0.4, 0.5) is 5.82 Å². The first kappa shape index (κ1) is 11.7. The molecule has 1 aromatic heterocycles. The molecule has 0 unspecified atom stereocenters. The van der Waals surface area contributed by atoms with Crippen molar-refractivity contribution in [2.45, 2.75) is 0 Å². The molecule has 0 aliphatic carbocycles. The second-order valence-electron chi connectivity index (χ2n) is 3.53. The summed E-state index contributed by atoms with van der Waals surface area (Å²) in [5.74, 6) is 0.183. The van der Waals surface area contributed by atoms with E-state index in [1.807, 2.05) is 0 Å². The Balaban J connectivity index is 2.19. The largest absolute Gasteiger partial charge is 0.508 e. The summed E-state index contributed by atoms with van der Waals surface area (Å²) in [4.78, 5) is 11.8. The molecule has 0 atom stereocenters. The molecule has 1 heterocycles. The average molecular weight is 296 g/mol. The van der Waals surface area contributed by atoms with Gasteiger partial charge in [0.2, 0.25) is 0 Å². The molecule has 1 amide bonds. The minimum atomic E-state index is -0.319. The van der Waals surface area contributed by atoms with Gasteiger partial charge >= 0.3 is 0 Å². The summed E-state index contributed by atoms with van der Waals surface area (Å²) in [6.07, 6.45) is 1.73. The number of carbonyl (C=O) groups is 1. The van der Waals surface area contributed by atoms with Gasteiger partial charge in [0.25, 0.3) is 5.91 Å². The maximum Gasteiger partial charge on any atom is 0.257 e. The van der Waals surface area contributed by atoms with Crippen molar-refractivity contribution in [3.8, 4) is 5.75 Å². The average Bonchev–Trinajstić information content (AvgIpc) is 2.62. The molecule has 17 heavy (non-hydrogen) atoms. The number of phenols is 1. The molecule has 0 aliphatic rings. The molecule has 0 bridgehead atoms. The molecule has 0 spiro atoms. The number of amides is 1. The van der Waals surface area contributed by atoms with Crippen LogP contribution in [0.2, 0.25) is 0 Å². The van der Waals surface area contributed by atoms with E-state index in [1.165, 1.54) is 12.1 Å². The minimum Gasteiger partial charge on any atom is -0.508 e. The first-order valence-corrected chi connectivity index (χ1v) is 5.64. The van der Waals surface area contributed by atoms with E-state index in [2.05, 4.69) is 26.3 Å². The standard InChI is InChI=1S/C11H10BrN3O2/c1-15-3-2-10(14-15)13-11(17)7-4-8(12)6-9(16)5-7/h2-6,16H,1H3,(H,13,14,17). The van der Waals surface area contributed by atoms with E-state index in [4.69, 9.17) is 0 Å². The van der Waals surface area contributed by atoms with Crippen LogP contribution in [0, 0.1) is 0 Å². The van der Waals surface area contributed by atoms with Crippen molar-refractivity contribution in [2.75, 3.05) is 5.32 Å². The van der Waals surface area contributed by atoms with Gasteiger partial charge < -0.3 is 10.4 Å². The highest BCUT2D eigenvalue weighted by Gasteiger charge is 2.09. The van der Waals surface area contributed by atoms with Crippen LogP contribution >= 0.6 is 15.9 Å². The number of hydrogen-bond donors (Lipinski definition) is 2. The smallest absolute Gasteiger partial charge is 0.257 e. The van der Waals surface area contributed by atoms with E-state index in [0.29, 0.717) is 15.9 Å². The van der Waals surface area contributed by atoms with Crippen LogP contribution in [0.3, 0.4) is 0 Å². The lowest BCUT2D eigenvalue weighted by atomic mass is 10.2. The van der Waals surface area contributed by atoms with E-state index in [9.17, 15) is 9.90 Å². The molecule has 88 valence electrons. The fourth-order valence-corrected chi connectivity index (χ4v) is 1.86. The van der Waals surface area contributed by atoms with Gasteiger partial charge in [-0.3, -0.25) is 9.48 Å². The van der Waals surface area contributed by atoms with Gasteiger partial charge in [0.15, 0.2) is 5.82 Å². The predicted octanol–water partition coefficient (Wildman–Crippen LogP) is 2.14. The fraction of sp³-hybridized carbons (Fsp3) is 0.0909. The Hall–Kier alpha value is -1.82. The maximum atomic E-state index is 11.8. The van der Waals surface area contributed by atoms with Crippen LogP contribution in [0.25, 0.3) is 0 Å². The Kier molecular flexibility index (Phi) is 3.14. The molecule has 0 saturated heterocycles. The highest BCUT2D eigenvalue weighted by atomic mass is 79.9. The molecular weight excluding hydrogens is 286 g/mol. The Labute approximate surface area is 106 Å². The van der Waals surface area contributed by atoms with Gasteiger partial charge in [0, 0.05) is 29.3 Å². The molecule has 2 aromatic rings. The number of benzene rings is 1. The van der Waals surface area contributed by atoms with E-state index in [-0.39, 0.29) is 11.7 Å². The number of hydrogen-bond acceptors (Lipinski definition) is 3. The van der Waals surface area contributed by atoms with Crippen molar-refractivity contribution in [2.24, 2.45) is 7.05 Å². The Morgan fingerprint density at radius 2 is 2.24 bits per heavy atom. The minimum absolute atomic E-state index is 0.0329. The highest BCUT2D eigenvalue weighted by molar-refractivity contribution is 9.10. The molecule has 6 heteroatoms. The van der Waals surface area contributed by atoms with Crippen molar-refractivity contribution in [1.82, 2.24) is 9.78 Å². The third-order valence-corrected chi connectivity index (χ3v) is 2.56. The van der Waals surface area contributed by atoms with Gasteiger partial charge in [-0.2, -0.15) is 5.10 Å². The molecular formula is C11H10BrN3O2. The maximum absolute atomic E-state index is 11.8. The second-order valence-corrected chi connectivity index (χ2v) is 4.44. The van der Waals surface area contributed by atoms with E-state index in [0.717, 1.165) is 0 Å². The van der Waals surface area contributed by atoms with Gasteiger partial charge in [0.1, 0.15) is 5.75 Å². The molecule has 2 N–H and O–H groups in total. The van der Waals surface area contributed by atoms with Crippen LogP contribution in [0.1, 0.15) is 10.4 Å². The number of phenolic OH excluding ortho intramolecular Hbond substituents is 1. The van der Waals surface area contributed by atoms with Gasteiger partial charge in [-0.05, 0) is 18.2 Å². The summed E-state index contributed by atoms with van der Waals surface area (Å²) in [5.41, 5.74) is 0.363. The second kappa shape index (κ2) is 4.58. The number of aromatic hydroxyl groups is 1. The summed E-state index contributed by atoms with van der Waals surface area (Å²) < 4.78 is 2.23. The lowest BCUT2D eigenvalue weighted by Crippen LogP contribution is -2.12. The van der Waals surface area contributed by atoms with Gasteiger partial charge in [-0.15, -0.1) is 0 Å². The molecule has 1 aromatic carbocycles. The Morgan fingerprint density at radius 3 is 2.82 bits per heavy atom. The normalized spacial score (nSPS) is 10.2. The molecule has 2 rings (SSSR count). The third kappa shape index (κ3) is 2.85. The number of aryl methyl sites for hydroxylation is 1. The number of nitrogens with zero attached hydrogens (tertiary/aromatic N) is 2. The monoisotopic (exact) mass is 295 g/mol. The number of anilines is 1. The number of halogens is 1. The van der Waals surface area contributed by atoms with Crippen molar-refractivity contribution < 1.29 is 9.90 Å². The van der Waals surface area contributed by atoms with Crippen LogP contribution in [0.15, 0.2) is 34.9 Å². The number of rotatable bonds is 2. The molecule has 0 saturated carbocycles. The molecule has 5 nitrogen and oxygen atoms in total. The fourth-order valence-electron chi connectivity index (χ4n) is 1.38. The zero-order valence-corrected chi connectivity index (χ0v) is 10.6. The zero-order chi connectivity index (χ0) is 12.4. The summed E-state index contributed by atoms with van der Waals surface area (Å²) in [5, 5.41) is 16.0. The van der Waals surface area contributed by atoms with E-state index < -0.39 is 0 Å². The predicted molar refractivity (Wildman–Crippen MR) is 67.0 cm³/mol. The van der Waals surface area contributed by atoms with Gasteiger partial charge in [-0.1, -0.05) is 15.9 Å². The zero-order valence-electron chi connectivity index (χ0n) is 9.01. The van der Waals surface area contributed by atoms with Gasteiger partial charge in [0.05, 0.1) is 0 Å². The Bertz CT molecular complexity index is 545. The first-order valence-electron chi connectivity index (χ1n) is 4.85. The molecule has 0 radical (unpaired) electrons. The van der Waals surface area contributed by atoms with Crippen LogP contribution in [0.5, 0.6) is 5.75 Å². The number of nitrogens with one attached hydrogen (secondary N) is 1. The molecule has 0 fully saturated rings. The topological polar surface area (TPSA) is 67.2 Å². The van der Waals surface area contributed by atoms with Crippen LogP contribution in [-0.2, 0) is 7.05 Å².